The molecule has 1 amide bonds. The van der Waals surface area contributed by atoms with Crippen molar-refractivity contribution in [3.05, 3.63) is 35.4 Å². The standard InChI is InChI=1S/C17H23NO2/c1-5-17(3,4)15(19)16(20)18-11-14-9-7-6-8-13(14)10-12(18)2/h6-9,12H,5,10-11H2,1-4H3. The second kappa shape index (κ2) is 5.39. The van der Waals surface area contributed by atoms with E-state index in [1.54, 1.807) is 4.90 Å². The van der Waals surface area contributed by atoms with Gasteiger partial charge >= 0.3 is 0 Å². The van der Waals surface area contributed by atoms with Gasteiger partial charge < -0.3 is 4.90 Å². The van der Waals surface area contributed by atoms with Gasteiger partial charge in [0, 0.05) is 18.0 Å². The molecule has 1 aliphatic rings. The molecule has 1 atom stereocenters. The minimum atomic E-state index is -0.576. The zero-order valence-corrected chi connectivity index (χ0v) is 12.8. The molecule has 108 valence electrons. The molecule has 1 aliphatic heterocycles. The van der Waals surface area contributed by atoms with Crippen LogP contribution in [-0.4, -0.2) is 22.6 Å². The molecule has 0 radical (unpaired) electrons. The van der Waals surface area contributed by atoms with Gasteiger partial charge in [-0.3, -0.25) is 9.59 Å². The second-order valence-corrected chi connectivity index (χ2v) is 6.32. The maximum absolute atomic E-state index is 12.5. The molecule has 0 spiro atoms. The Bertz CT molecular complexity index is 534. The molecule has 3 nitrogen and oxygen atoms in total. The summed E-state index contributed by atoms with van der Waals surface area (Å²) < 4.78 is 0. The lowest BCUT2D eigenvalue weighted by molar-refractivity contribution is -0.151. The number of amides is 1. The van der Waals surface area contributed by atoms with E-state index in [1.807, 2.05) is 45.9 Å². The van der Waals surface area contributed by atoms with Gasteiger partial charge in [-0.2, -0.15) is 0 Å². The van der Waals surface area contributed by atoms with Crippen molar-refractivity contribution >= 4 is 11.7 Å². The number of hydrogen-bond donors (Lipinski definition) is 0. The first-order valence-corrected chi connectivity index (χ1v) is 7.29. The molecule has 1 aromatic carbocycles. The Balaban J connectivity index is 2.22. The summed E-state index contributed by atoms with van der Waals surface area (Å²) >= 11 is 0. The van der Waals surface area contributed by atoms with E-state index in [2.05, 4.69) is 6.07 Å². The van der Waals surface area contributed by atoms with Crippen molar-refractivity contribution < 1.29 is 9.59 Å². The summed E-state index contributed by atoms with van der Waals surface area (Å²) in [5.41, 5.74) is 1.86. The van der Waals surface area contributed by atoms with Crippen molar-refractivity contribution in [2.75, 3.05) is 0 Å². The number of Topliss-reactive ketones (excluding diaryl/α,β-unsaturated/α-hetero) is 1. The van der Waals surface area contributed by atoms with E-state index in [0.717, 1.165) is 12.0 Å². The lowest BCUT2D eigenvalue weighted by atomic mass is 9.84. The van der Waals surface area contributed by atoms with Gasteiger partial charge in [0.05, 0.1) is 0 Å². The largest absolute Gasteiger partial charge is 0.329 e. The van der Waals surface area contributed by atoms with Crippen LogP contribution in [0.1, 0.15) is 45.2 Å². The van der Waals surface area contributed by atoms with Gasteiger partial charge in [0.1, 0.15) is 0 Å². The molecule has 0 bridgehead atoms. The second-order valence-electron chi connectivity index (χ2n) is 6.32. The number of benzene rings is 1. The summed E-state index contributed by atoms with van der Waals surface area (Å²) in [6.45, 7) is 8.19. The van der Waals surface area contributed by atoms with E-state index in [-0.39, 0.29) is 17.7 Å². The summed E-state index contributed by atoms with van der Waals surface area (Å²) in [6.07, 6.45) is 1.50. The highest BCUT2D eigenvalue weighted by molar-refractivity contribution is 6.38. The number of fused-ring (bicyclic) bond motifs is 1. The quantitative estimate of drug-likeness (QED) is 0.794. The van der Waals surface area contributed by atoms with E-state index >= 15 is 0 Å². The fourth-order valence-electron chi connectivity index (χ4n) is 2.53. The molecule has 0 saturated heterocycles. The minimum Gasteiger partial charge on any atom is -0.329 e. The smallest absolute Gasteiger partial charge is 0.291 e. The first kappa shape index (κ1) is 14.8. The van der Waals surface area contributed by atoms with Gasteiger partial charge in [-0.05, 0) is 30.9 Å². The summed E-state index contributed by atoms with van der Waals surface area (Å²) in [6, 6.07) is 8.22. The third-order valence-corrected chi connectivity index (χ3v) is 4.46. The van der Waals surface area contributed by atoms with E-state index in [1.165, 1.54) is 5.56 Å². The van der Waals surface area contributed by atoms with Gasteiger partial charge in [0.15, 0.2) is 0 Å². The Labute approximate surface area is 121 Å². The SMILES string of the molecule is CCC(C)(C)C(=O)C(=O)N1Cc2ccccc2CC1C. The van der Waals surface area contributed by atoms with Crippen molar-refractivity contribution in [3.63, 3.8) is 0 Å². The average molecular weight is 273 g/mol. The number of rotatable bonds is 3. The summed E-state index contributed by atoms with van der Waals surface area (Å²) in [5, 5.41) is 0. The van der Waals surface area contributed by atoms with Gasteiger partial charge in [0.25, 0.3) is 5.91 Å². The van der Waals surface area contributed by atoms with Crippen molar-refractivity contribution in [1.82, 2.24) is 4.90 Å². The van der Waals surface area contributed by atoms with Crippen LogP contribution in [0, 0.1) is 5.41 Å². The van der Waals surface area contributed by atoms with Gasteiger partial charge in [-0.1, -0.05) is 45.0 Å². The molecular weight excluding hydrogens is 250 g/mol. The molecule has 0 N–H and O–H groups in total. The molecular formula is C17H23NO2. The van der Waals surface area contributed by atoms with Crippen molar-refractivity contribution in [2.45, 2.75) is 53.1 Å². The van der Waals surface area contributed by atoms with Crippen LogP contribution in [-0.2, 0) is 22.6 Å². The number of hydrogen-bond acceptors (Lipinski definition) is 2. The summed E-state index contributed by atoms with van der Waals surface area (Å²) in [4.78, 5) is 26.6. The first-order chi connectivity index (χ1) is 9.36. The maximum Gasteiger partial charge on any atom is 0.291 e. The van der Waals surface area contributed by atoms with Gasteiger partial charge in [-0.15, -0.1) is 0 Å². The summed E-state index contributed by atoms with van der Waals surface area (Å²) in [7, 11) is 0. The van der Waals surface area contributed by atoms with Crippen LogP contribution in [0.15, 0.2) is 24.3 Å². The molecule has 2 rings (SSSR count). The number of carbonyl (C=O) groups excluding carboxylic acids is 2. The van der Waals surface area contributed by atoms with E-state index in [0.29, 0.717) is 13.0 Å². The Hall–Kier alpha value is -1.64. The van der Waals surface area contributed by atoms with Crippen LogP contribution in [0.4, 0.5) is 0 Å². The lowest BCUT2D eigenvalue weighted by Gasteiger charge is -2.36. The van der Waals surface area contributed by atoms with E-state index in [9.17, 15) is 9.59 Å². The van der Waals surface area contributed by atoms with Crippen LogP contribution >= 0.6 is 0 Å². The monoisotopic (exact) mass is 273 g/mol. The van der Waals surface area contributed by atoms with E-state index in [4.69, 9.17) is 0 Å². The highest BCUT2D eigenvalue weighted by Gasteiger charge is 2.37. The highest BCUT2D eigenvalue weighted by atomic mass is 16.2. The Kier molecular flexibility index (Phi) is 3.98. The highest BCUT2D eigenvalue weighted by Crippen LogP contribution is 2.27. The fourth-order valence-corrected chi connectivity index (χ4v) is 2.53. The molecule has 1 unspecified atom stereocenters. The Morgan fingerprint density at radius 3 is 2.45 bits per heavy atom. The minimum absolute atomic E-state index is 0.0778. The van der Waals surface area contributed by atoms with Crippen LogP contribution in [0.2, 0.25) is 0 Å². The zero-order chi connectivity index (χ0) is 14.9. The summed E-state index contributed by atoms with van der Waals surface area (Å²) in [5.74, 6) is -0.606. The Morgan fingerprint density at radius 1 is 1.25 bits per heavy atom. The molecule has 0 aliphatic carbocycles. The van der Waals surface area contributed by atoms with Crippen molar-refractivity contribution in [1.29, 1.82) is 0 Å². The van der Waals surface area contributed by atoms with Crippen LogP contribution in [0.5, 0.6) is 0 Å². The Morgan fingerprint density at radius 2 is 1.85 bits per heavy atom. The van der Waals surface area contributed by atoms with Crippen molar-refractivity contribution in [3.8, 4) is 0 Å². The zero-order valence-electron chi connectivity index (χ0n) is 12.8. The molecule has 1 aromatic rings. The third-order valence-electron chi connectivity index (χ3n) is 4.46. The van der Waals surface area contributed by atoms with Crippen LogP contribution < -0.4 is 0 Å². The normalized spacial score (nSPS) is 18.6. The maximum atomic E-state index is 12.5. The molecule has 1 heterocycles. The number of carbonyl (C=O) groups is 2. The fraction of sp³-hybridized carbons (Fsp3) is 0.529. The molecule has 0 fully saturated rings. The number of ketones is 1. The third kappa shape index (κ3) is 2.62. The molecule has 20 heavy (non-hydrogen) atoms. The van der Waals surface area contributed by atoms with Crippen LogP contribution in [0.25, 0.3) is 0 Å². The average Bonchev–Trinajstić information content (AvgIpc) is 2.45. The van der Waals surface area contributed by atoms with E-state index < -0.39 is 5.41 Å². The predicted octanol–water partition coefficient (Wildman–Crippen LogP) is 2.97. The first-order valence-electron chi connectivity index (χ1n) is 7.29. The van der Waals surface area contributed by atoms with Crippen LogP contribution in [0.3, 0.4) is 0 Å². The van der Waals surface area contributed by atoms with Gasteiger partial charge in [-0.25, -0.2) is 0 Å². The lowest BCUT2D eigenvalue weighted by Crippen LogP contribution is -2.48. The molecule has 0 saturated carbocycles. The number of nitrogens with zero attached hydrogens (tertiary/aromatic N) is 1. The molecule has 3 heteroatoms. The topological polar surface area (TPSA) is 37.4 Å². The predicted molar refractivity (Wildman–Crippen MR) is 79.2 cm³/mol. The van der Waals surface area contributed by atoms with Gasteiger partial charge in [0.2, 0.25) is 5.78 Å². The molecule has 0 aromatic heterocycles. The van der Waals surface area contributed by atoms with Crippen molar-refractivity contribution in [2.24, 2.45) is 5.41 Å².